The average Bonchev–Trinajstić information content (AvgIpc) is 2.92. The van der Waals surface area contributed by atoms with E-state index < -0.39 is 23.6 Å². The van der Waals surface area contributed by atoms with Gasteiger partial charge in [0.15, 0.2) is 0 Å². The van der Waals surface area contributed by atoms with Crippen LogP contribution in [0.15, 0.2) is 41.3 Å². The molecule has 0 spiro atoms. The minimum atomic E-state index is -0.598. The number of carbonyl (C=O) groups excluding carboxylic acids is 3. The fraction of sp³-hybridized carbons (Fsp3) is 0.105. The third-order valence-electron chi connectivity index (χ3n) is 3.89. The normalized spacial score (nSPS) is 15.2. The number of hydrogen-bond acceptors (Lipinski definition) is 5. The second-order valence-corrected chi connectivity index (χ2v) is 8.02. The van der Waals surface area contributed by atoms with Crippen LogP contribution in [0.2, 0.25) is 15.1 Å². The third kappa shape index (κ3) is 4.87. The van der Waals surface area contributed by atoms with Crippen LogP contribution >= 0.6 is 46.6 Å². The predicted octanol–water partition coefficient (Wildman–Crippen LogP) is 5.33. The molecule has 1 aliphatic heterocycles. The Bertz CT molecular complexity index is 1020. The van der Waals surface area contributed by atoms with Gasteiger partial charge in [-0.2, -0.15) is 0 Å². The van der Waals surface area contributed by atoms with Crippen LogP contribution in [0.4, 0.5) is 10.5 Å². The van der Waals surface area contributed by atoms with Gasteiger partial charge in [0.2, 0.25) is 5.91 Å². The van der Waals surface area contributed by atoms with Crippen molar-refractivity contribution in [1.82, 2.24) is 4.90 Å². The van der Waals surface area contributed by atoms with E-state index in [0.717, 1.165) is 4.90 Å². The molecule has 1 aliphatic rings. The lowest BCUT2D eigenvalue weighted by Gasteiger charge is -2.13. The highest BCUT2D eigenvalue weighted by atomic mass is 35.5. The number of hydrogen-bond donors (Lipinski definition) is 1. The summed E-state index contributed by atoms with van der Waals surface area (Å²) in [6, 6.07) is 9.60. The number of carbonyl (C=O) groups is 3. The van der Waals surface area contributed by atoms with Crippen molar-refractivity contribution < 1.29 is 19.1 Å². The molecule has 2 aromatic rings. The van der Waals surface area contributed by atoms with Gasteiger partial charge in [0.05, 0.1) is 17.0 Å². The van der Waals surface area contributed by atoms with Gasteiger partial charge in [-0.25, -0.2) is 0 Å². The fourth-order valence-electron chi connectivity index (χ4n) is 2.50. The monoisotopic (exact) mass is 470 g/mol. The Morgan fingerprint density at radius 2 is 1.83 bits per heavy atom. The molecule has 0 bridgehead atoms. The molecule has 0 aliphatic carbocycles. The quantitative estimate of drug-likeness (QED) is 0.597. The van der Waals surface area contributed by atoms with Crippen LogP contribution in [0.5, 0.6) is 5.75 Å². The van der Waals surface area contributed by atoms with E-state index in [1.54, 1.807) is 30.3 Å². The zero-order valence-electron chi connectivity index (χ0n) is 14.9. The maximum absolute atomic E-state index is 12.6. The highest BCUT2D eigenvalue weighted by Gasteiger charge is 2.36. The smallest absolute Gasteiger partial charge is 0.294 e. The van der Waals surface area contributed by atoms with Crippen LogP contribution in [0.3, 0.4) is 0 Å². The molecule has 1 N–H and O–H groups in total. The van der Waals surface area contributed by atoms with Gasteiger partial charge in [-0.15, -0.1) is 0 Å². The maximum Gasteiger partial charge on any atom is 0.294 e. The first-order valence-electron chi connectivity index (χ1n) is 8.13. The summed E-state index contributed by atoms with van der Waals surface area (Å²) < 4.78 is 5.05. The SMILES string of the molecule is COc1ccc(NC(=O)CN2C(=O)SC(=Cc3c(Cl)cccc3Cl)C2=O)cc1Cl. The van der Waals surface area contributed by atoms with Crippen LogP contribution in [0, 0.1) is 0 Å². The first kappa shape index (κ1) is 21.5. The standard InChI is InChI=1S/C19H13Cl3N2O4S/c1-28-15-6-5-10(7-14(15)22)23-17(25)9-24-18(26)16(29-19(24)27)8-11-12(20)3-2-4-13(11)21/h2-8H,9H2,1H3,(H,23,25). The number of halogens is 3. The summed E-state index contributed by atoms with van der Waals surface area (Å²) in [5.74, 6) is -0.691. The van der Waals surface area contributed by atoms with E-state index in [2.05, 4.69) is 5.32 Å². The van der Waals surface area contributed by atoms with Crippen molar-refractivity contribution in [3.05, 3.63) is 61.9 Å². The molecule has 0 atom stereocenters. The molecule has 3 amide bonds. The minimum Gasteiger partial charge on any atom is -0.495 e. The number of benzene rings is 2. The molecule has 10 heteroatoms. The van der Waals surface area contributed by atoms with Gasteiger partial charge in [-0.3, -0.25) is 19.3 Å². The Hall–Kier alpha value is -2.19. The maximum atomic E-state index is 12.6. The van der Waals surface area contributed by atoms with Crippen molar-refractivity contribution in [3.63, 3.8) is 0 Å². The summed E-state index contributed by atoms with van der Waals surface area (Å²) in [6.45, 7) is -0.443. The molecule has 2 aromatic carbocycles. The Morgan fingerprint density at radius 3 is 2.45 bits per heavy atom. The molecule has 150 valence electrons. The van der Waals surface area contributed by atoms with Gasteiger partial charge in [0.1, 0.15) is 12.3 Å². The van der Waals surface area contributed by atoms with Gasteiger partial charge in [0.25, 0.3) is 11.1 Å². The second kappa shape index (κ2) is 9.09. The summed E-state index contributed by atoms with van der Waals surface area (Å²) in [5, 5.41) is 3.03. The largest absolute Gasteiger partial charge is 0.495 e. The fourth-order valence-corrected chi connectivity index (χ4v) is 4.09. The summed E-state index contributed by atoms with van der Waals surface area (Å²) in [5.41, 5.74) is 0.838. The van der Waals surface area contributed by atoms with Gasteiger partial charge in [-0.05, 0) is 48.2 Å². The Labute approximate surface area is 185 Å². The van der Waals surface area contributed by atoms with Crippen LogP contribution in [-0.4, -0.2) is 35.6 Å². The van der Waals surface area contributed by atoms with E-state index in [1.165, 1.54) is 19.3 Å². The number of nitrogens with one attached hydrogen (secondary N) is 1. The molecule has 0 unspecified atom stereocenters. The highest BCUT2D eigenvalue weighted by Crippen LogP contribution is 2.35. The van der Waals surface area contributed by atoms with E-state index in [4.69, 9.17) is 39.5 Å². The number of anilines is 1. The molecule has 0 aromatic heterocycles. The van der Waals surface area contributed by atoms with Gasteiger partial charge in [0, 0.05) is 21.3 Å². The van der Waals surface area contributed by atoms with Crippen LogP contribution < -0.4 is 10.1 Å². The van der Waals surface area contributed by atoms with E-state index in [1.807, 2.05) is 0 Å². The first-order chi connectivity index (χ1) is 13.8. The molecule has 1 heterocycles. The van der Waals surface area contributed by atoms with Gasteiger partial charge >= 0.3 is 0 Å². The van der Waals surface area contributed by atoms with Crippen LogP contribution in [0.25, 0.3) is 6.08 Å². The molecular weight excluding hydrogens is 459 g/mol. The van der Waals surface area contributed by atoms with E-state index in [0.29, 0.717) is 43.8 Å². The van der Waals surface area contributed by atoms with Crippen molar-refractivity contribution in [2.24, 2.45) is 0 Å². The molecule has 1 saturated heterocycles. The van der Waals surface area contributed by atoms with Gasteiger partial charge in [-0.1, -0.05) is 40.9 Å². The number of methoxy groups -OCH3 is 1. The summed E-state index contributed by atoms with van der Waals surface area (Å²) >= 11 is 18.9. The number of imide groups is 1. The first-order valence-corrected chi connectivity index (χ1v) is 10.1. The van der Waals surface area contributed by atoms with Crippen molar-refractivity contribution >= 4 is 75.4 Å². The topological polar surface area (TPSA) is 75.7 Å². The lowest BCUT2D eigenvalue weighted by molar-refractivity contribution is -0.127. The third-order valence-corrected chi connectivity index (χ3v) is 5.75. The Balaban J connectivity index is 1.72. The number of ether oxygens (including phenoxy) is 1. The molecule has 3 rings (SSSR count). The van der Waals surface area contributed by atoms with E-state index in [9.17, 15) is 14.4 Å². The van der Waals surface area contributed by atoms with Crippen molar-refractivity contribution in [3.8, 4) is 5.75 Å². The van der Waals surface area contributed by atoms with Crippen LogP contribution in [-0.2, 0) is 9.59 Å². The second-order valence-electron chi connectivity index (χ2n) is 5.80. The molecule has 1 fully saturated rings. The number of amides is 3. The lowest BCUT2D eigenvalue weighted by atomic mass is 10.2. The molecule has 29 heavy (non-hydrogen) atoms. The minimum absolute atomic E-state index is 0.130. The number of nitrogens with zero attached hydrogens (tertiary/aromatic N) is 1. The zero-order chi connectivity index (χ0) is 21.1. The number of rotatable bonds is 5. The summed E-state index contributed by atoms with van der Waals surface area (Å²) in [7, 11) is 1.47. The zero-order valence-corrected chi connectivity index (χ0v) is 18.0. The van der Waals surface area contributed by atoms with Crippen molar-refractivity contribution in [1.29, 1.82) is 0 Å². The summed E-state index contributed by atoms with van der Waals surface area (Å²) in [6.07, 6.45) is 1.44. The van der Waals surface area contributed by atoms with E-state index in [-0.39, 0.29) is 4.91 Å². The lowest BCUT2D eigenvalue weighted by Crippen LogP contribution is -2.36. The van der Waals surface area contributed by atoms with Gasteiger partial charge < -0.3 is 10.1 Å². The highest BCUT2D eigenvalue weighted by molar-refractivity contribution is 8.18. The molecule has 0 saturated carbocycles. The Kier molecular flexibility index (Phi) is 6.74. The molecule has 6 nitrogen and oxygen atoms in total. The van der Waals surface area contributed by atoms with Crippen LogP contribution in [0.1, 0.15) is 5.56 Å². The van der Waals surface area contributed by atoms with Crippen molar-refractivity contribution in [2.45, 2.75) is 0 Å². The average molecular weight is 472 g/mol. The predicted molar refractivity (Wildman–Crippen MR) is 116 cm³/mol. The molecule has 0 radical (unpaired) electrons. The van der Waals surface area contributed by atoms with Crippen molar-refractivity contribution in [2.75, 3.05) is 19.0 Å². The molecular formula is C19H13Cl3N2O4S. The number of thioether (sulfide) groups is 1. The van der Waals surface area contributed by atoms with E-state index >= 15 is 0 Å². The Morgan fingerprint density at radius 1 is 1.14 bits per heavy atom. The summed E-state index contributed by atoms with van der Waals surface area (Å²) in [4.78, 5) is 38.1.